The lowest BCUT2D eigenvalue weighted by atomic mass is 9.99. The molecule has 3 N–H and O–H groups in total. The zero-order valence-corrected chi connectivity index (χ0v) is 13.8. The van der Waals surface area contributed by atoms with E-state index < -0.39 is 12.0 Å². The molecule has 0 radical (unpaired) electrons. The van der Waals surface area contributed by atoms with Gasteiger partial charge in [-0.25, -0.2) is 0 Å². The molecule has 0 aliphatic rings. The molecule has 1 amide bonds. The first-order chi connectivity index (χ1) is 10.4. The summed E-state index contributed by atoms with van der Waals surface area (Å²) in [6.45, 7) is 7.76. The van der Waals surface area contributed by atoms with Crippen LogP contribution in [0.3, 0.4) is 0 Å². The minimum atomic E-state index is -0.924. The Labute approximate surface area is 132 Å². The Balaban J connectivity index is 2.69. The molecule has 0 spiro atoms. The zero-order chi connectivity index (χ0) is 16.7. The summed E-state index contributed by atoms with van der Waals surface area (Å²) in [7, 11) is 0. The fourth-order valence-electron chi connectivity index (χ4n) is 2.36. The molecule has 0 bridgehead atoms. The molecule has 0 aromatic heterocycles. The molecule has 0 saturated heterocycles. The molecular formula is C17H26N2O3. The molecule has 122 valence electrons. The van der Waals surface area contributed by atoms with Gasteiger partial charge in [-0.05, 0) is 30.4 Å². The summed E-state index contributed by atoms with van der Waals surface area (Å²) in [4.78, 5) is 23.3. The first kappa shape index (κ1) is 18.2. The van der Waals surface area contributed by atoms with Gasteiger partial charge in [0.25, 0.3) is 0 Å². The predicted octanol–water partition coefficient (Wildman–Crippen LogP) is 2.58. The number of nitrogens with one attached hydrogen (secondary N) is 2. The predicted molar refractivity (Wildman–Crippen MR) is 88.1 cm³/mol. The molecule has 5 heteroatoms. The van der Waals surface area contributed by atoms with E-state index in [9.17, 15) is 14.7 Å². The Kier molecular flexibility index (Phi) is 7.05. The molecule has 1 aromatic rings. The number of hydrogen-bond acceptors (Lipinski definition) is 3. The third-order valence-electron chi connectivity index (χ3n) is 3.97. The second kappa shape index (κ2) is 8.54. The number of carboxylic acid groups (broad SMARTS) is 1. The normalized spacial score (nSPS) is 13.5. The van der Waals surface area contributed by atoms with Crippen molar-refractivity contribution in [2.45, 2.75) is 46.6 Å². The highest BCUT2D eigenvalue weighted by molar-refractivity contribution is 5.94. The van der Waals surface area contributed by atoms with Crippen LogP contribution in [-0.2, 0) is 16.0 Å². The smallest absolute Gasteiger partial charge is 0.320 e. The van der Waals surface area contributed by atoms with Gasteiger partial charge in [-0.2, -0.15) is 0 Å². The number of amides is 1. The number of para-hydroxylation sites is 1. The van der Waals surface area contributed by atoms with E-state index >= 15 is 0 Å². The summed E-state index contributed by atoms with van der Waals surface area (Å²) < 4.78 is 0. The van der Waals surface area contributed by atoms with E-state index in [1.165, 1.54) is 0 Å². The van der Waals surface area contributed by atoms with Crippen molar-refractivity contribution in [3.8, 4) is 0 Å². The van der Waals surface area contributed by atoms with E-state index in [-0.39, 0.29) is 18.4 Å². The van der Waals surface area contributed by atoms with Crippen LogP contribution in [0.15, 0.2) is 18.2 Å². The number of anilines is 1. The van der Waals surface area contributed by atoms with Crippen molar-refractivity contribution in [3.05, 3.63) is 29.3 Å². The van der Waals surface area contributed by atoms with Gasteiger partial charge in [0.1, 0.15) is 6.04 Å². The maximum Gasteiger partial charge on any atom is 0.320 e. The number of hydrogen-bond donors (Lipinski definition) is 3. The van der Waals surface area contributed by atoms with Gasteiger partial charge in [-0.3, -0.25) is 14.9 Å². The SMILES string of the molecule is CCc1cccc(C)c1NC(=O)CN[C@H](C(=O)O)[C@@H](C)CC. The van der Waals surface area contributed by atoms with Gasteiger partial charge in [0.05, 0.1) is 6.54 Å². The summed E-state index contributed by atoms with van der Waals surface area (Å²) in [6.07, 6.45) is 1.57. The molecule has 22 heavy (non-hydrogen) atoms. The van der Waals surface area contributed by atoms with Crippen molar-refractivity contribution in [2.24, 2.45) is 5.92 Å². The fourth-order valence-corrected chi connectivity index (χ4v) is 2.36. The Bertz CT molecular complexity index is 529. The minimum Gasteiger partial charge on any atom is -0.480 e. The van der Waals surface area contributed by atoms with Crippen LogP contribution >= 0.6 is 0 Å². The quantitative estimate of drug-likeness (QED) is 0.690. The van der Waals surface area contributed by atoms with Gasteiger partial charge in [-0.1, -0.05) is 45.4 Å². The molecule has 0 saturated carbocycles. The Morgan fingerprint density at radius 1 is 1.27 bits per heavy atom. The van der Waals surface area contributed by atoms with Gasteiger partial charge in [0.2, 0.25) is 5.91 Å². The number of carbonyl (C=O) groups is 2. The number of carboxylic acids is 1. The minimum absolute atomic E-state index is 0.0151. The van der Waals surface area contributed by atoms with Crippen LogP contribution in [0, 0.1) is 12.8 Å². The maximum atomic E-state index is 12.1. The van der Waals surface area contributed by atoms with Crippen molar-refractivity contribution in [1.82, 2.24) is 5.32 Å². The molecule has 0 unspecified atom stereocenters. The van der Waals surface area contributed by atoms with E-state index in [0.717, 1.165) is 29.7 Å². The molecule has 1 aromatic carbocycles. The van der Waals surface area contributed by atoms with E-state index in [1.54, 1.807) is 0 Å². The van der Waals surface area contributed by atoms with Gasteiger partial charge in [0.15, 0.2) is 0 Å². The second-order valence-electron chi connectivity index (χ2n) is 5.59. The first-order valence-corrected chi connectivity index (χ1v) is 7.75. The number of aliphatic carboxylic acids is 1. The summed E-state index contributed by atoms with van der Waals surface area (Å²) >= 11 is 0. The summed E-state index contributed by atoms with van der Waals surface area (Å²) in [5.74, 6) is -1.18. The summed E-state index contributed by atoms with van der Waals surface area (Å²) in [6, 6.07) is 5.18. The van der Waals surface area contributed by atoms with Crippen LogP contribution < -0.4 is 10.6 Å². The highest BCUT2D eigenvalue weighted by Crippen LogP contribution is 2.20. The third-order valence-corrected chi connectivity index (χ3v) is 3.97. The van der Waals surface area contributed by atoms with Crippen molar-refractivity contribution in [1.29, 1.82) is 0 Å². The van der Waals surface area contributed by atoms with E-state index in [4.69, 9.17) is 0 Å². The highest BCUT2D eigenvalue weighted by Gasteiger charge is 2.23. The monoisotopic (exact) mass is 306 g/mol. The van der Waals surface area contributed by atoms with Gasteiger partial charge in [-0.15, -0.1) is 0 Å². The average Bonchev–Trinajstić information content (AvgIpc) is 2.48. The second-order valence-corrected chi connectivity index (χ2v) is 5.59. The lowest BCUT2D eigenvalue weighted by molar-refractivity contribution is -0.140. The van der Waals surface area contributed by atoms with Crippen LogP contribution in [0.5, 0.6) is 0 Å². The number of carbonyl (C=O) groups excluding carboxylic acids is 1. The lowest BCUT2D eigenvalue weighted by Crippen LogP contribution is -2.45. The van der Waals surface area contributed by atoms with Gasteiger partial charge < -0.3 is 10.4 Å². The third kappa shape index (κ3) is 4.84. The number of benzene rings is 1. The molecule has 2 atom stereocenters. The van der Waals surface area contributed by atoms with E-state index in [0.29, 0.717) is 0 Å². The average molecular weight is 306 g/mol. The molecule has 0 aliphatic carbocycles. The molecule has 5 nitrogen and oxygen atoms in total. The van der Waals surface area contributed by atoms with Crippen LogP contribution in [0.1, 0.15) is 38.3 Å². The van der Waals surface area contributed by atoms with Gasteiger partial charge >= 0.3 is 5.97 Å². The zero-order valence-electron chi connectivity index (χ0n) is 13.8. The van der Waals surface area contributed by atoms with E-state index in [2.05, 4.69) is 10.6 Å². The standard InChI is InChI=1S/C17H26N2O3/c1-5-11(3)16(17(21)22)18-10-14(20)19-15-12(4)8-7-9-13(15)6-2/h7-9,11,16,18H,5-6,10H2,1-4H3,(H,19,20)(H,21,22)/t11-,16-/m0/s1. The molecule has 1 rings (SSSR count). The molecular weight excluding hydrogens is 280 g/mol. The van der Waals surface area contributed by atoms with Crippen LogP contribution in [0.4, 0.5) is 5.69 Å². The number of rotatable bonds is 8. The summed E-state index contributed by atoms with van der Waals surface area (Å²) in [5.41, 5.74) is 2.90. The topological polar surface area (TPSA) is 78.4 Å². The van der Waals surface area contributed by atoms with Crippen LogP contribution in [-0.4, -0.2) is 29.6 Å². The Hall–Kier alpha value is -1.88. The van der Waals surface area contributed by atoms with Crippen LogP contribution in [0.25, 0.3) is 0 Å². The maximum absolute atomic E-state index is 12.1. The molecule has 0 fully saturated rings. The Morgan fingerprint density at radius 2 is 1.95 bits per heavy atom. The summed E-state index contributed by atoms with van der Waals surface area (Å²) in [5, 5.41) is 14.9. The van der Waals surface area contributed by atoms with Crippen molar-refractivity contribution in [3.63, 3.8) is 0 Å². The van der Waals surface area contributed by atoms with Crippen LogP contribution in [0.2, 0.25) is 0 Å². The molecule has 0 heterocycles. The van der Waals surface area contributed by atoms with Crippen molar-refractivity contribution < 1.29 is 14.7 Å². The number of aryl methyl sites for hydroxylation is 2. The van der Waals surface area contributed by atoms with E-state index in [1.807, 2.05) is 45.9 Å². The largest absolute Gasteiger partial charge is 0.480 e. The van der Waals surface area contributed by atoms with Crippen molar-refractivity contribution >= 4 is 17.6 Å². The lowest BCUT2D eigenvalue weighted by Gasteiger charge is -2.20. The first-order valence-electron chi connectivity index (χ1n) is 7.75. The van der Waals surface area contributed by atoms with Gasteiger partial charge in [0, 0.05) is 5.69 Å². The Morgan fingerprint density at radius 3 is 2.50 bits per heavy atom. The molecule has 0 aliphatic heterocycles. The highest BCUT2D eigenvalue weighted by atomic mass is 16.4. The fraction of sp³-hybridized carbons (Fsp3) is 0.529. The van der Waals surface area contributed by atoms with Crippen molar-refractivity contribution in [2.75, 3.05) is 11.9 Å².